The van der Waals surface area contributed by atoms with Gasteiger partial charge in [0.25, 0.3) is 0 Å². The van der Waals surface area contributed by atoms with Crippen LogP contribution in [0.5, 0.6) is 0 Å². The van der Waals surface area contributed by atoms with Crippen LogP contribution >= 0.6 is 15.9 Å². The van der Waals surface area contributed by atoms with Gasteiger partial charge in [0.2, 0.25) is 5.95 Å². The highest BCUT2D eigenvalue weighted by Crippen LogP contribution is 2.34. The number of aryl methyl sites for hydroxylation is 2. The predicted octanol–water partition coefficient (Wildman–Crippen LogP) is 5.65. The van der Waals surface area contributed by atoms with E-state index in [1.165, 1.54) is 0 Å². The normalized spacial score (nSPS) is 12.2. The van der Waals surface area contributed by atoms with Crippen molar-refractivity contribution in [1.82, 2.24) is 24.3 Å². The minimum absolute atomic E-state index is 0.149. The number of carboxylic acid groups (broad SMARTS) is 1. The van der Waals surface area contributed by atoms with Gasteiger partial charge in [-0.1, -0.05) is 41.1 Å². The quantitative estimate of drug-likeness (QED) is 0.285. The van der Waals surface area contributed by atoms with E-state index in [0.29, 0.717) is 23.9 Å². The summed E-state index contributed by atoms with van der Waals surface area (Å²) in [5.41, 5.74) is 13.3. The highest BCUT2D eigenvalue weighted by molar-refractivity contribution is 9.10. The molecule has 0 aliphatic carbocycles. The summed E-state index contributed by atoms with van der Waals surface area (Å²) in [4.78, 5) is 20.7. The number of carboxylic acids is 1. The summed E-state index contributed by atoms with van der Waals surface area (Å²) in [6.07, 6.45) is 1.73. The molecule has 182 valence electrons. The number of hydrogen-bond donors (Lipinski definition) is 2. The SMILES string of the molecule is Cc1cc(C(=O)O)cc(-c2cnn(C)c2-c2cccc(C(C)Cn3c(N)nc4ccc(Br)cc43)c2)n1. The Morgan fingerprint density at radius 3 is 2.72 bits per heavy atom. The lowest BCUT2D eigenvalue weighted by Crippen LogP contribution is -2.09. The third-order valence-corrected chi connectivity index (χ3v) is 6.83. The Morgan fingerprint density at radius 1 is 1.14 bits per heavy atom. The molecule has 0 fully saturated rings. The Balaban J connectivity index is 1.52. The van der Waals surface area contributed by atoms with Crippen molar-refractivity contribution in [3.05, 3.63) is 82.1 Å². The first-order valence-corrected chi connectivity index (χ1v) is 12.3. The Labute approximate surface area is 216 Å². The standard InChI is InChI=1S/C27H25BrN6O2/c1-15(14-34-24-12-20(28)7-8-22(24)32-27(34)29)17-5-4-6-18(10-17)25-21(13-30-33(25)3)23-11-19(26(35)36)9-16(2)31-23/h4-13,15H,14H2,1-3H3,(H2,29,32)(H,35,36). The lowest BCUT2D eigenvalue weighted by molar-refractivity contribution is 0.0696. The number of pyridine rings is 1. The molecule has 8 nitrogen and oxygen atoms in total. The Hall–Kier alpha value is -3.98. The summed E-state index contributed by atoms with van der Waals surface area (Å²) in [5, 5.41) is 14.0. The van der Waals surface area contributed by atoms with Gasteiger partial charge in [0.05, 0.1) is 34.2 Å². The van der Waals surface area contributed by atoms with Crippen LogP contribution in [0.4, 0.5) is 5.95 Å². The molecular formula is C27H25BrN6O2. The van der Waals surface area contributed by atoms with Crippen LogP contribution < -0.4 is 5.73 Å². The summed E-state index contributed by atoms with van der Waals surface area (Å²) in [5.74, 6) is -0.350. The van der Waals surface area contributed by atoms with E-state index in [0.717, 1.165) is 37.9 Å². The average molecular weight is 545 g/mol. The Bertz CT molecular complexity index is 1620. The van der Waals surface area contributed by atoms with E-state index >= 15 is 0 Å². The lowest BCUT2D eigenvalue weighted by atomic mass is 9.96. The fraction of sp³-hybridized carbons (Fsp3) is 0.185. The molecule has 3 N–H and O–H groups in total. The van der Waals surface area contributed by atoms with Gasteiger partial charge < -0.3 is 15.4 Å². The van der Waals surface area contributed by atoms with Crippen molar-refractivity contribution >= 4 is 38.9 Å². The fourth-order valence-corrected chi connectivity index (χ4v) is 4.92. The number of anilines is 1. The number of nitrogens with zero attached hydrogens (tertiary/aromatic N) is 5. The number of benzene rings is 2. The van der Waals surface area contributed by atoms with Crippen LogP contribution in [-0.2, 0) is 13.6 Å². The smallest absolute Gasteiger partial charge is 0.335 e. The Morgan fingerprint density at radius 2 is 1.94 bits per heavy atom. The number of carbonyl (C=O) groups is 1. The zero-order chi connectivity index (χ0) is 25.6. The molecule has 0 amide bonds. The molecule has 5 rings (SSSR count). The number of imidazole rings is 1. The minimum atomic E-state index is -0.985. The van der Waals surface area contributed by atoms with Crippen molar-refractivity contribution in [3.63, 3.8) is 0 Å². The predicted molar refractivity (Wildman–Crippen MR) is 144 cm³/mol. The van der Waals surface area contributed by atoms with Gasteiger partial charge in [-0.05, 0) is 54.8 Å². The van der Waals surface area contributed by atoms with Gasteiger partial charge in [0.15, 0.2) is 0 Å². The number of nitrogen functional groups attached to an aromatic ring is 1. The zero-order valence-corrected chi connectivity index (χ0v) is 21.7. The minimum Gasteiger partial charge on any atom is -0.478 e. The van der Waals surface area contributed by atoms with Crippen molar-refractivity contribution in [2.45, 2.75) is 26.3 Å². The summed E-state index contributed by atoms with van der Waals surface area (Å²) in [7, 11) is 1.87. The highest BCUT2D eigenvalue weighted by atomic mass is 79.9. The molecule has 0 spiro atoms. The maximum atomic E-state index is 11.6. The maximum Gasteiger partial charge on any atom is 0.335 e. The molecule has 0 bridgehead atoms. The van der Waals surface area contributed by atoms with E-state index in [9.17, 15) is 9.90 Å². The van der Waals surface area contributed by atoms with Gasteiger partial charge in [0.1, 0.15) is 0 Å². The Kier molecular flexibility index (Phi) is 6.09. The fourth-order valence-electron chi connectivity index (χ4n) is 4.58. The van der Waals surface area contributed by atoms with Crippen LogP contribution in [0.25, 0.3) is 33.5 Å². The molecule has 1 unspecified atom stereocenters. The molecule has 0 saturated heterocycles. The van der Waals surface area contributed by atoms with Crippen molar-refractivity contribution in [1.29, 1.82) is 0 Å². The van der Waals surface area contributed by atoms with Crippen LogP contribution in [0.15, 0.2) is 65.3 Å². The first-order valence-electron chi connectivity index (χ1n) is 11.5. The van der Waals surface area contributed by atoms with Gasteiger partial charge >= 0.3 is 5.97 Å². The first kappa shape index (κ1) is 23.7. The molecule has 0 radical (unpaired) electrons. The van der Waals surface area contributed by atoms with Gasteiger partial charge in [-0.15, -0.1) is 0 Å². The van der Waals surface area contributed by atoms with Crippen LogP contribution in [0.3, 0.4) is 0 Å². The average Bonchev–Trinajstić information content (AvgIpc) is 3.38. The molecule has 5 aromatic rings. The monoisotopic (exact) mass is 544 g/mol. The van der Waals surface area contributed by atoms with E-state index < -0.39 is 5.97 Å². The number of fused-ring (bicyclic) bond motifs is 1. The highest BCUT2D eigenvalue weighted by Gasteiger charge is 2.19. The van der Waals surface area contributed by atoms with E-state index in [1.807, 2.05) is 41.9 Å². The van der Waals surface area contributed by atoms with E-state index in [1.54, 1.807) is 29.9 Å². The molecule has 0 saturated carbocycles. The summed E-state index contributed by atoms with van der Waals surface area (Å²) in [6, 6.07) is 17.4. The molecule has 1 atom stereocenters. The largest absolute Gasteiger partial charge is 0.478 e. The molecule has 3 aromatic heterocycles. The number of hydrogen-bond acceptors (Lipinski definition) is 5. The van der Waals surface area contributed by atoms with Crippen LogP contribution in [-0.4, -0.2) is 35.4 Å². The second kappa shape index (κ2) is 9.23. The van der Waals surface area contributed by atoms with Gasteiger partial charge in [0, 0.05) is 34.9 Å². The molecule has 3 heterocycles. The van der Waals surface area contributed by atoms with Crippen LogP contribution in [0.2, 0.25) is 0 Å². The molecule has 2 aromatic carbocycles. The first-order chi connectivity index (χ1) is 17.2. The maximum absolute atomic E-state index is 11.6. The molecule has 0 aliphatic rings. The number of nitrogens with two attached hydrogens (primary N) is 1. The molecule has 36 heavy (non-hydrogen) atoms. The third kappa shape index (κ3) is 4.37. The summed E-state index contributed by atoms with van der Waals surface area (Å²) in [6.45, 7) is 4.62. The second-order valence-corrected chi connectivity index (χ2v) is 9.87. The lowest BCUT2D eigenvalue weighted by Gasteiger charge is -2.16. The summed E-state index contributed by atoms with van der Waals surface area (Å²) < 4.78 is 4.81. The van der Waals surface area contributed by atoms with Crippen molar-refractivity contribution in [3.8, 4) is 22.5 Å². The van der Waals surface area contributed by atoms with Crippen LogP contribution in [0, 0.1) is 6.92 Å². The van der Waals surface area contributed by atoms with Crippen LogP contribution in [0.1, 0.15) is 34.5 Å². The van der Waals surface area contributed by atoms with Gasteiger partial charge in [-0.25, -0.2) is 9.78 Å². The second-order valence-electron chi connectivity index (χ2n) is 8.96. The number of halogens is 1. The molecular weight excluding hydrogens is 520 g/mol. The zero-order valence-electron chi connectivity index (χ0n) is 20.1. The molecule has 0 aliphatic heterocycles. The van der Waals surface area contributed by atoms with E-state index in [2.05, 4.69) is 50.1 Å². The van der Waals surface area contributed by atoms with Gasteiger partial charge in [-0.2, -0.15) is 5.10 Å². The van der Waals surface area contributed by atoms with E-state index in [-0.39, 0.29) is 11.5 Å². The van der Waals surface area contributed by atoms with Gasteiger partial charge in [-0.3, -0.25) is 9.67 Å². The summed E-state index contributed by atoms with van der Waals surface area (Å²) >= 11 is 3.54. The topological polar surface area (TPSA) is 112 Å². The van der Waals surface area contributed by atoms with Crippen molar-refractivity contribution in [2.75, 3.05) is 5.73 Å². The van der Waals surface area contributed by atoms with Crippen molar-refractivity contribution in [2.24, 2.45) is 7.05 Å². The number of rotatable bonds is 6. The molecule has 9 heteroatoms. The number of aromatic carboxylic acids is 1. The van der Waals surface area contributed by atoms with E-state index in [4.69, 9.17) is 5.73 Å². The third-order valence-electron chi connectivity index (χ3n) is 6.34. The van der Waals surface area contributed by atoms with Crippen molar-refractivity contribution < 1.29 is 9.90 Å². The number of aromatic nitrogens is 5.